The zero-order chi connectivity index (χ0) is 21.8. The number of aromatic nitrogens is 1. The molecule has 1 atom stereocenters. The summed E-state index contributed by atoms with van der Waals surface area (Å²) in [4.78, 5) is 32.4. The Morgan fingerprint density at radius 1 is 1.16 bits per heavy atom. The Bertz CT molecular complexity index is 1100. The largest absolute Gasteiger partial charge is 0.466 e. The van der Waals surface area contributed by atoms with Gasteiger partial charge in [0.15, 0.2) is 0 Å². The number of ether oxygens (including phenoxy) is 1. The molecular weight excluding hydrogens is 395 g/mol. The van der Waals surface area contributed by atoms with Crippen molar-refractivity contribution in [2.75, 3.05) is 19.7 Å². The summed E-state index contributed by atoms with van der Waals surface area (Å²) in [6.45, 7) is 2.87. The summed E-state index contributed by atoms with van der Waals surface area (Å²) in [5.41, 5.74) is 1.32. The molecule has 0 spiro atoms. The Balaban J connectivity index is 1.61. The van der Waals surface area contributed by atoms with Crippen LogP contribution in [0.1, 0.15) is 35.7 Å². The Morgan fingerprint density at radius 3 is 2.71 bits per heavy atom. The summed E-state index contributed by atoms with van der Waals surface area (Å²) in [5.74, 6) is -0.780. The van der Waals surface area contributed by atoms with Gasteiger partial charge >= 0.3 is 5.97 Å². The standard InChI is InChI=1S/C25H25FN2O3/c1-2-31-24(30)25(15-18-8-10-21(26)11-9-18)12-5-13-28(17-25)23(29)20-14-19-6-3-4-7-22(19)27-16-20/h3-4,6-11,14,16H,2,5,12-13,15,17H2,1H3/t25-/m1/s1. The molecule has 1 saturated heterocycles. The monoisotopic (exact) mass is 420 g/mol. The van der Waals surface area contributed by atoms with Gasteiger partial charge < -0.3 is 9.64 Å². The van der Waals surface area contributed by atoms with E-state index >= 15 is 0 Å². The van der Waals surface area contributed by atoms with Crippen molar-refractivity contribution in [3.63, 3.8) is 0 Å². The summed E-state index contributed by atoms with van der Waals surface area (Å²) >= 11 is 0. The van der Waals surface area contributed by atoms with Crippen LogP contribution in [0.3, 0.4) is 0 Å². The fraction of sp³-hybridized carbons (Fsp3) is 0.320. The lowest BCUT2D eigenvalue weighted by Gasteiger charge is -2.41. The van der Waals surface area contributed by atoms with E-state index in [9.17, 15) is 14.0 Å². The number of benzene rings is 2. The van der Waals surface area contributed by atoms with Crippen molar-refractivity contribution in [1.82, 2.24) is 9.88 Å². The second-order valence-electron chi connectivity index (χ2n) is 8.05. The number of carbonyl (C=O) groups is 2. The third-order valence-electron chi connectivity index (χ3n) is 5.87. The highest BCUT2D eigenvalue weighted by Gasteiger charge is 2.45. The van der Waals surface area contributed by atoms with Crippen molar-refractivity contribution >= 4 is 22.8 Å². The predicted molar refractivity (Wildman–Crippen MR) is 116 cm³/mol. The average molecular weight is 420 g/mol. The van der Waals surface area contributed by atoms with Gasteiger partial charge in [0.1, 0.15) is 5.82 Å². The number of likely N-dealkylation sites (tertiary alicyclic amines) is 1. The maximum absolute atomic E-state index is 13.4. The van der Waals surface area contributed by atoms with Gasteiger partial charge in [-0.3, -0.25) is 14.6 Å². The fourth-order valence-corrected chi connectivity index (χ4v) is 4.34. The van der Waals surface area contributed by atoms with Crippen LogP contribution in [0.15, 0.2) is 60.8 Å². The van der Waals surface area contributed by atoms with E-state index in [0.717, 1.165) is 16.5 Å². The number of piperidine rings is 1. The first-order valence-corrected chi connectivity index (χ1v) is 10.6. The van der Waals surface area contributed by atoms with Gasteiger partial charge in [-0.15, -0.1) is 0 Å². The fourth-order valence-electron chi connectivity index (χ4n) is 4.34. The molecule has 0 radical (unpaired) electrons. The zero-order valence-electron chi connectivity index (χ0n) is 17.5. The smallest absolute Gasteiger partial charge is 0.314 e. The van der Waals surface area contributed by atoms with Crippen LogP contribution in [0.2, 0.25) is 0 Å². The molecule has 5 nitrogen and oxygen atoms in total. The van der Waals surface area contributed by atoms with Crippen LogP contribution < -0.4 is 0 Å². The second-order valence-corrected chi connectivity index (χ2v) is 8.05. The minimum Gasteiger partial charge on any atom is -0.466 e. The number of rotatable bonds is 5. The number of hydrogen-bond donors (Lipinski definition) is 0. The molecule has 1 aliphatic heterocycles. The summed E-state index contributed by atoms with van der Waals surface area (Å²) in [7, 11) is 0. The molecule has 1 fully saturated rings. The van der Waals surface area contributed by atoms with Crippen LogP contribution in [-0.4, -0.2) is 41.5 Å². The number of pyridine rings is 1. The summed E-state index contributed by atoms with van der Waals surface area (Å²) < 4.78 is 18.8. The number of carbonyl (C=O) groups excluding carboxylic acids is 2. The van der Waals surface area contributed by atoms with Crippen LogP contribution in [-0.2, 0) is 16.0 Å². The van der Waals surface area contributed by atoms with E-state index in [1.807, 2.05) is 30.3 Å². The first-order valence-electron chi connectivity index (χ1n) is 10.6. The van der Waals surface area contributed by atoms with E-state index in [-0.39, 0.29) is 30.8 Å². The van der Waals surface area contributed by atoms with E-state index in [1.54, 1.807) is 30.2 Å². The number of amides is 1. The summed E-state index contributed by atoms with van der Waals surface area (Å²) in [5, 5.41) is 0.897. The van der Waals surface area contributed by atoms with Crippen molar-refractivity contribution < 1.29 is 18.7 Å². The zero-order valence-corrected chi connectivity index (χ0v) is 17.5. The maximum atomic E-state index is 13.4. The SMILES string of the molecule is CCOC(=O)[C@@]1(Cc2ccc(F)cc2)CCCN(C(=O)c2cnc3ccccc3c2)C1. The van der Waals surface area contributed by atoms with Crippen LogP contribution in [0.25, 0.3) is 10.9 Å². The molecule has 6 heteroatoms. The molecule has 0 bridgehead atoms. The van der Waals surface area contributed by atoms with Crippen molar-refractivity contribution in [3.05, 3.63) is 77.7 Å². The molecule has 1 aliphatic rings. The molecule has 0 aliphatic carbocycles. The summed E-state index contributed by atoms with van der Waals surface area (Å²) in [6.07, 6.45) is 3.28. The van der Waals surface area contributed by atoms with Crippen LogP contribution in [0, 0.1) is 11.2 Å². The van der Waals surface area contributed by atoms with Crippen molar-refractivity contribution in [2.24, 2.45) is 5.41 Å². The van der Waals surface area contributed by atoms with Gasteiger partial charge in [-0.25, -0.2) is 4.39 Å². The maximum Gasteiger partial charge on any atom is 0.314 e. The van der Waals surface area contributed by atoms with E-state index in [2.05, 4.69) is 4.98 Å². The van der Waals surface area contributed by atoms with Crippen LogP contribution in [0.4, 0.5) is 4.39 Å². The Morgan fingerprint density at radius 2 is 1.94 bits per heavy atom. The molecule has 160 valence electrons. The van der Waals surface area contributed by atoms with E-state index in [4.69, 9.17) is 4.74 Å². The minimum atomic E-state index is -0.855. The molecule has 0 N–H and O–H groups in total. The number of halogens is 1. The second kappa shape index (κ2) is 8.84. The van der Waals surface area contributed by atoms with E-state index < -0.39 is 5.41 Å². The molecular formula is C25H25FN2O3. The lowest BCUT2D eigenvalue weighted by Crippen LogP contribution is -2.51. The van der Waals surface area contributed by atoms with Crippen molar-refractivity contribution in [3.8, 4) is 0 Å². The number of esters is 1. The molecule has 3 aromatic rings. The molecule has 1 amide bonds. The van der Waals surface area contributed by atoms with Crippen LogP contribution in [0.5, 0.6) is 0 Å². The van der Waals surface area contributed by atoms with Crippen molar-refractivity contribution in [2.45, 2.75) is 26.2 Å². The first kappa shape index (κ1) is 21.0. The topological polar surface area (TPSA) is 59.5 Å². The predicted octanol–water partition coefficient (Wildman–Crippen LogP) is 4.40. The van der Waals surface area contributed by atoms with Gasteiger partial charge in [-0.2, -0.15) is 0 Å². The quantitative estimate of drug-likeness (QED) is 0.574. The molecule has 1 aromatic heterocycles. The van der Waals surface area contributed by atoms with E-state index in [1.165, 1.54) is 12.1 Å². The highest BCUT2D eigenvalue weighted by molar-refractivity contribution is 5.97. The third kappa shape index (κ3) is 4.43. The third-order valence-corrected chi connectivity index (χ3v) is 5.87. The number of fused-ring (bicyclic) bond motifs is 1. The van der Waals surface area contributed by atoms with Crippen molar-refractivity contribution in [1.29, 1.82) is 0 Å². The molecule has 4 rings (SSSR count). The molecule has 31 heavy (non-hydrogen) atoms. The Kier molecular flexibility index (Phi) is 5.98. The molecule has 0 unspecified atom stereocenters. The number of nitrogens with zero attached hydrogens (tertiary/aromatic N) is 2. The highest BCUT2D eigenvalue weighted by atomic mass is 19.1. The van der Waals surface area contributed by atoms with Gasteiger partial charge in [0.05, 0.1) is 23.1 Å². The van der Waals surface area contributed by atoms with E-state index in [0.29, 0.717) is 31.4 Å². The van der Waals surface area contributed by atoms with Crippen LogP contribution >= 0.6 is 0 Å². The average Bonchev–Trinajstić information content (AvgIpc) is 2.80. The normalized spacial score (nSPS) is 18.7. The Labute approximate surface area is 180 Å². The van der Waals surface area contributed by atoms with Gasteiger partial charge in [-0.1, -0.05) is 30.3 Å². The lowest BCUT2D eigenvalue weighted by molar-refractivity contribution is -0.158. The minimum absolute atomic E-state index is 0.147. The summed E-state index contributed by atoms with van der Waals surface area (Å²) in [6, 6.07) is 15.6. The van der Waals surface area contributed by atoms with Gasteiger partial charge in [0, 0.05) is 24.7 Å². The number of hydrogen-bond acceptors (Lipinski definition) is 4. The van der Waals surface area contributed by atoms with Gasteiger partial charge in [0.2, 0.25) is 0 Å². The molecule has 2 heterocycles. The first-order chi connectivity index (χ1) is 15.0. The molecule has 2 aromatic carbocycles. The highest BCUT2D eigenvalue weighted by Crippen LogP contribution is 2.36. The number of para-hydroxylation sites is 1. The van der Waals surface area contributed by atoms with Gasteiger partial charge in [-0.05, 0) is 56.0 Å². The Hall–Kier alpha value is -3.28. The van der Waals surface area contributed by atoms with Gasteiger partial charge in [0.25, 0.3) is 5.91 Å². The molecule has 0 saturated carbocycles. The lowest BCUT2D eigenvalue weighted by atomic mass is 9.75.